The molecule has 1 saturated heterocycles. The molecule has 8 heteroatoms. The van der Waals surface area contributed by atoms with Crippen LogP contribution in [-0.4, -0.2) is 54.3 Å². The van der Waals surface area contributed by atoms with Gasteiger partial charge >= 0.3 is 0 Å². The molecule has 0 bridgehead atoms. The summed E-state index contributed by atoms with van der Waals surface area (Å²) in [4.78, 5) is 16.3. The lowest BCUT2D eigenvalue weighted by atomic mass is 10.4. The fraction of sp³-hybridized carbons (Fsp3) is 0.545. The normalized spacial score (nSPS) is 16.3. The van der Waals surface area contributed by atoms with Crippen molar-refractivity contribution in [3.05, 3.63) is 25.9 Å². The molecule has 7 nitrogen and oxygen atoms in total. The summed E-state index contributed by atoms with van der Waals surface area (Å²) in [6.45, 7) is 4.65. The van der Waals surface area contributed by atoms with Crippen LogP contribution < -0.4 is 4.74 Å². The first kappa shape index (κ1) is 14.4. The number of aromatic nitrogens is 1. The molecule has 2 heterocycles. The summed E-state index contributed by atoms with van der Waals surface area (Å²) in [6.07, 6.45) is 1.21. The number of hydrogen-bond acceptors (Lipinski definition) is 6. The van der Waals surface area contributed by atoms with Gasteiger partial charge in [-0.1, -0.05) is 0 Å². The summed E-state index contributed by atoms with van der Waals surface area (Å²) in [6, 6.07) is 1.46. The van der Waals surface area contributed by atoms with Crippen LogP contribution in [0.5, 0.6) is 5.88 Å². The Morgan fingerprint density at radius 1 is 1.53 bits per heavy atom. The summed E-state index contributed by atoms with van der Waals surface area (Å²) >= 11 is 1.99. The van der Waals surface area contributed by atoms with Gasteiger partial charge in [0.1, 0.15) is 12.8 Å². The Hall–Kier alpha value is -1.00. The molecule has 2 rings (SSSR count). The highest BCUT2D eigenvalue weighted by Gasteiger charge is 2.13. The lowest BCUT2D eigenvalue weighted by Crippen LogP contribution is -2.38. The van der Waals surface area contributed by atoms with Crippen molar-refractivity contribution in [3.63, 3.8) is 0 Å². The molecule has 19 heavy (non-hydrogen) atoms. The maximum atomic E-state index is 10.6. The number of nitro groups is 1. The third kappa shape index (κ3) is 4.25. The third-order valence-electron chi connectivity index (χ3n) is 2.75. The van der Waals surface area contributed by atoms with E-state index in [4.69, 9.17) is 9.47 Å². The molecule has 0 unspecified atom stereocenters. The Bertz CT molecular complexity index is 452. The Morgan fingerprint density at radius 2 is 2.26 bits per heavy atom. The van der Waals surface area contributed by atoms with Gasteiger partial charge < -0.3 is 9.47 Å². The van der Waals surface area contributed by atoms with Crippen LogP contribution in [0.3, 0.4) is 0 Å². The molecule has 0 spiro atoms. The number of morpholine rings is 1. The van der Waals surface area contributed by atoms with Crippen LogP contribution in [0.2, 0.25) is 0 Å². The molecule has 0 aliphatic carbocycles. The van der Waals surface area contributed by atoms with E-state index in [1.807, 2.05) is 22.6 Å². The third-order valence-corrected chi connectivity index (χ3v) is 3.53. The summed E-state index contributed by atoms with van der Waals surface area (Å²) < 4.78 is 11.5. The monoisotopic (exact) mass is 379 g/mol. The zero-order valence-corrected chi connectivity index (χ0v) is 12.4. The molecule has 0 radical (unpaired) electrons. The van der Waals surface area contributed by atoms with Gasteiger partial charge in [0, 0.05) is 25.7 Å². The van der Waals surface area contributed by atoms with E-state index in [1.54, 1.807) is 0 Å². The lowest BCUT2D eigenvalue weighted by molar-refractivity contribution is -0.385. The first-order chi connectivity index (χ1) is 9.16. The van der Waals surface area contributed by atoms with E-state index in [2.05, 4.69) is 9.88 Å². The Kier molecular flexibility index (Phi) is 5.28. The molecule has 0 atom stereocenters. The molecule has 0 saturated carbocycles. The fourth-order valence-electron chi connectivity index (χ4n) is 1.72. The largest absolute Gasteiger partial charge is 0.476 e. The van der Waals surface area contributed by atoms with E-state index >= 15 is 0 Å². The highest BCUT2D eigenvalue weighted by Crippen LogP contribution is 2.22. The molecular formula is C11H14IN3O4. The first-order valence-corrected chi connectivity index (χ1v) is 6.97. The van der Waals surface area contributed by atoms with E-state index in [-0.39, 0.29) is 5.69 Å². The van der Waals surface area contributed by atoms with Gasteiger partial charge in [0.05, 0.1) is 21.7 Å². The molecule has 1 aliphatic rings. The summed E-state index contributed by atoms with van der Waals surface area (Å²) in [5.74, 6) is 0.444. The maximum absolute atomic E-state index is 10.6. The molecule has 104 valence electrons. The topological polar surface area (TPSA) is 77.7 Å². The average Bonchev–Trinajstić information content (AvgIpc) is 2.41. The van der Waals surface area contributed by atoms with Gasteiger partial charge in [-0.05, 0) is 22.6 Å². The smallest absolute Gasteiger partial charge is 0.288 e. The zero-order valence-electron chi connectivity index (χ0n) is 10.2. The minimum absolute atomic E-state index is 0.0232. The van der Waals surface area contributed by atoms with E-state index in [0.29, 0.717) is 16.1 Å². The second-order valence-electron chi connectivity index (χ2n) is 4.04. The predicted octanol–water partition coefficient (Wildman–Crippen LogP) is 1.31. The van der Waals surface area contributed by atoms with Gasteiger partial charge in [0.15, 0.2) is 0 Å². The van der Waals surface area contributed by atoms with Crippen molar-refractivity contribution >= 4 is 28.3 Å². The average molecular weight is 379 g/mol. The van der Waals surface area contributed by atoms with E-state index in [9.17, 15) is 10.1 Å². The highest BCUT2D eigenvalue weighted by atomic mass is 127. The lowest BCUT2D eigenvalue weighted by Gasteiger charge is -2.26. The van der Waals surface area contributed by atoms with Gasteiger partial charge in [-0.3, -0.25) is 15.0 Å². The number of nitrogens with zero attached hydrogens (tertiary/aromatic N) is 3. The molecule has 1 aromatic heterocycles. The second-order valence-corrected chi connectivity index (χ2v) is 5.20. The van der Waals surface area contributed by atoms with Crippen molar-refractivity contribution < 1.29 is 14.4 Å². The van der Waals surface area contributed by atoms with E-state index < -0.39 is 4.92 Å². The Balaban J connectivity index is 1.83. The SMILES string of the molecule is O=[N+]([O-])c1cnc(OCCN2CCOCC2)c(I)c1. The van der Waals surface area contributed by atoms with Crippen molar-refractivity contribution in [2.24, 2.45) is 0 Å². The number of halogens is 1. The molecule has 0 N–H and O–H groups in total. The van der Waals surface area contributed by atoms with Crippen molar-refractivity contribution in [2.45, 2.75) is 0 Å². The number of rotatable bonds is 5. The molecule has 0 amide bonds. The molecule has 1 aliphatic heterocycles. The first-order valence-electron chi connectivity index (χ1n) is 5.89. The van der Waals surface area contributed by atoms with Crippen LogP contribution in [0.15, 0.2) is 12.3 Å². The van der Waals surface area contributed by atoms with Crippen LogP contribution in [0.4, 0.5) is 5.69 Å². The van der Waals surface area contributed by atoms with Gasteiger partial charge in [-0.25, -0.2) is 4.98 Å². The van der Waals surface area contributed by atoms with Crippen LogP contribution in [0.1, 0.15) is 0 Å². The van der Waals surface area contributed by atoms with Gasteiger partial charge in [-0.15, -0.1) is 0 Å². The van der Waals surface area contributed by atoms with Crippen molar-refractivity contribution in [1.29, 1.82) is 0 Å². The van der Waals surface area contributed by atoms with Gasteiger partial charge in [0.2, 0.25) is 5.88 Å². The zero-order chi connectivity index (χ0) is 13.7. The maximum Gasteiger partial charge on any atom is 0.288 e. The summed E-state index contributed by atoms with van der Waals surface area (Å²) in [5.41, 5.74) is -0.0232. The van der Waals surface area contributed by atoms with Crippen molar-refractivity contribution in [2.75, 3.05) is 39.5 Å². The fourth-order valence-corrected chi connectivity index (χ4v) is 2.33. The molecule has 1 fully saturated rings. The van der Waals surface area contributed by atoms with Crippen molar-refractivity contribution in [1.82, 2.24) is 9.88 Å². The minimum atomic E-state index is -0.466. The Morgan fingerprint density at radius 3 is 2.89 bits per heavy atom. The van der Waals surface area contributed by atoms with E-state index in [0.717, 1.165) is 32.8 Å². The minimum Gasteiger partial charge on any atom is -0.476 e. The van der Waals surface area contributed by atoms with Gasteiger partial charge in [0.25, 0.3) is 5.69 Å². The molecule has 0 aromatic carbocycles. The number of pyridine rings is 1. The van der Waals surface area contributed by atoms with Crippen LogP contribution in [0.25, 0.3) is 0 Å². The second kappa shape index (κ2) is 6.96. The van der Waals surface area contributed by atoms with E-state index in [1.165, 1.54) is 12.3 Å². The standard InChI is InChI=1S/C11H14IN3O4/c12-10-7-9(15(16)17)8-13-11(10)19-6-3-14-1-4-18-5-2-14/h7-8H,1-6H2. The van der Waals surface area contributed by atoms with Crippen LogP contribution in [-0.2, 0) is 4.74 Å². The molecule has 1 aromatic rings. The Labute approximate surface area is 124 Å². The van der Waals surface area contributed by atoms with Gasteiger partial charge in [-0.2, -0.15) is 0 Å². The van der Waals surface area contributed by atoms with Crippen LogP contribution in [0, 0.1) is 13.7 Å². The van der Waals surface area contributed by atoms with Crippen molar-refractivity contribution in [3.8, 4) is 5.88 Å². The quantitative estimate of drug-likeness (QED) is 0.436. The van der Waals surface area contributed by atoms with Crippen LogP contribution >= 0.6 is 22.6 Å². The number of hydrogen-bond donors (Lipinski definition) is 0. The predicted molar refractivity (Wildman–Crippen MR) is 76.4 cm³/mol. The highest BCUT2D eigenvalue weighted by molar-refractivity contribution is 14.1. The summed E-state index contributed by atoms with van der Waals surface area (Å²) in [7, 11) is 0. The molecular weight excluding hydrogens is 365 g/mol. The summed E-state index contributed by atoms with van der Waals surface area (Å²) in [5, 5.41) is 10.6. The number of ether oxygens (including phenoxy) is 2.